The van der Waals surface area contributed by atoms with Crippen molar-refractivity contribution in [3.63, 3.8) is 0 Å². The van der Waals surface area contributed by atoms with Gasteiger partial charge in [0.2, 0.25) is 0 Å². The number of benzene rings is 2. The quantitative estimate of drug-likeness (QED) is 0.0595. The molecule has 2 heterocycles. The van der Waals surface area contributed by atoms with Crippen LogP contribution in [0.1, 0.15) is 166 Å². The SMILES string of the molecule is CCCCCCCCCCCCc1ccc(S(=O)(=O)ON2C(=O)C3CC4C(=O)N(OS(=O)(=O)c5ccc(CCCCCCCCCCCC)cc5)C(=O)C4CC3C2=O)cc1. The first-order chi connectivity index (χ1) is 28.9. The number of hydrogen-bond donors (Lipinski definition) is 0. The highest BCUT2D eigenvalue weighted by Gasteiger charge is 2.61. The third kappa shape index (κ3) is 12.8. The molecule has 0 N–H and O–H groups in total. The summed E-state index contributed by atoms with van der Waals surface area (Å²) in [6.07, 6.45) is 25.4. The van der Waals surface area contributed by atoms with Gasteiger partial charge in [0, 0.05) is 0 Å². The summed E-state index contributed by atoms with van der Waals surface area (Å²) in [5, 5.41) is 0.467. The Bertz CT molecular complexity index is 1770. The van der Waals surface area contributed by atoms with Gasteiger partial charge in [-0.3, -0.25) is 19.2 Å². The van der Waals surface area contributed by atoms with Crippen molar-refractivity contribution < 1.29 is 44.6 Å². The number of carbonyl (C=O) groups excluding carboxylic acids is 4. The summed E-state index contributed by atoms with van der Waals surface area (Å²) in [7, 11) is -9.14. The molecule has 4 amide bonds. The predicted octanol–water partition coefficient (Wildman–Crippen LogP) is 9.55. The highest BCUT2D eigenvalue weighted by Crippen LogP contribution is 2.48. The van der Waals surface area contributed by atoms with Gasteiger partial charge in [-0.1, -0.05) is 154 Å². The summed E-state index contributed by atoms with van der Waals surface area (Å²) < 4.78 is 63.1. The normalized spacial score (nSPS) is 20.6. The minimum atomic E-state index is -4.57. The molecular weight excluding hydrogens is 805 g/mol. The molecule has 2 aromatic carbocycles. The Morgan fingerprint density at radius 3 is 0.933 bits per heavy atom. The number of nitrogens with zero attached hydrogens (tertiary/aromatic N) is 2. The van der Waals surface area contributed by atoms with Crippen LogP contribution in [0.4, 0.5) is 0 Å². The third-order valence-electron chi connectivity index (χ3n) is 12.5. The number of fused-ring (bicyclic) bond motifs is 2. The molecular formula is C46H66N2O10S2. The number of hydrogen-bond acceptors (Lipinski definition) is 10. The van der Waals surface area contributed by atoms with Crippen LogP contribution in [0.25, 0.3) is 0 Å². The average Bonchev–Trinajstić information content (AvgIpc) is 3.60. The highest BCUT2D eigenvalue weighted by molar-refractivity contribution is 7.87. The van der Waals surface area contributed by atoms with Crippen LogP contribution in [-0.2, 0) is 60.8 Å². The van der Waals surface area contributed by atoms with E-state index in [1.807, 2.05) is 0 Å². The summed E-state index contributed by atoms with van der Waals surface area (Å²) in [6, 6.07) is 12.3. The van der Waals surface area contributed by atoms with Gasteiger partial charge in [-0.05, 0) is 73.9 Å². The minimum Gasteiger partial charge on any atom is -0.272 e. The van der Waals surface area contributed by atoms with Crippen molar-refractivity contribution in [2.24, 2.45) is 23.7 Å². The zero-order valence-corrected chi connectivity index (χ0v) is 37.3. The molecule has 4 unspecified atom stereocenters. The van der Waals surface area contributed by atoms with Gasteiger partial charge < -0.3 is 0 Å². The van der Waals surface area contributed by atoms with Gasteiger partial charge in [-0.2, -0.15) is 16.8 Å². The molecule has 3 aliphatic rings. The van der Waals surface area contributed by atoms with E-state index in [0.29, 0.717) is 0 Å². The Morgan fingerprint density at radius 1 is 0.417 bits per heavy atom. The molecule has 4 atom stereocenters. The number of hydroxylamine groups is 4. The summed E-state index contributed by atoms with van der Waals surface area (Å²) in [6.45, 7) is 4.43. The van der Waals surface area contributed by atoms with Gasteiger partial charge in [-0.25, -0.2) is 0 Å². The molecule has 0 bridgehead atoms. The van der Waals surface area contributed by atoms with Gasteiger partial charge >= 0.3 is 20.2 Å². The first-order valence-electron chi connectivity index (χ1n) is 22.7. The van der Waals surface area contributed by atoms with Crippen molar-refractivity contribution >= 4 is 43.9 Å². The number of aryl methyl sites for hydroxylation is 2. The van der Waals surface area contributed by atoms with Gasteiger partial charge in [0.15, 0.2) is 0 Å². The van der Waals surface area contributed by atoms with Crippen LogP contribution < -0.4 is 0 Å². The third-order valence-corrected chi connectivity index (χ3v) is 14.9. The van der Waals surface area contributed by atoms with Crippen molar-refractivity contribution in [3.05, 3.63) is 59.7 Å². The van der Waals surface area contributed by atoms with Gasteiger partial charge in [0.05, 0.1) is 33.5 Å². The van der Waals surface area contributed by atoms with Crippen LogP contribution in [0, 0.1) is 23.7 Å². The van der Waals surface area contributed by atoms with E-state index in [2.05, 4.69) is 13.8 Å². The van der Waals surface area contributed by atoms with E-state index in [9.17, 15) is 36.0 Å². The van der Waals surface area contributed by atoms with Gasteiger partial charge in [0.25, 0.3) is 23.6 Å². The van der Waals surface area contributed by atoms with E-state index in [1.54, 1.807) is 24.3 Å². The molecule has 332 valence electrons. The molecule has 0 aromatic heterocycles. The first kappa shape index (κ1) is 47.6. The second-order valence-electron chi connectivity index (χ2n) is 17.0. The topological polar surface area (TPSA) is 161 Å². The van der Waals surface area contributed by atoms with E-state index < -0.39 is 67.5 Å². The molecule has 5 rings (SSSR count). The van der Waals surface area contributed by atoms with E-state index in [1.165, 1.54) is 127 Å². The number of imide groups is 2. The fourth-order valence-corrected chi connectivity index (χ4v) is 10.6. The van der Waals surface area contributed by atoms with E-state index in [-0.39, 0.29) is 32.8 Å². The Labute approximate surface area is 358 Å². The summed E-state index contributed by atoms with van der Waals surface area (Å²) in [4.78, 5) is 53.3. The lowest BCUT2D eigenvalue weighted by Crippen LogP contribution is -2.35. The maximum atomic E-state index is 13.4. The standard InChI is InChI=1S/C46H66N2O10S2/c1-3-5-7-9-11-13-15-17-19-21-23-35-25-29-37(30-26-35)59(53,54)57-47-43(49)39-33-41-42(34-40(39)44(47)50)46(52)48(45(41)51)58-60(55,56)38-31-27-36(28-32-38)24-22-20-18-16-14-12-10-8-6-4-2/h25-32,39-42H,3-24,33-34H2,1-2H3. The second-order valence-corrected chi connectivity index (χ2v) is 20.1. The Morgan fingerprint density at radius 2 is 0.667 bits per heavy atom. The fourth-order valence-electron chi connectivity index (χ4n) is 8.82. The maximum absolute atomic E-state index is 13.4. The lowest BCUT2D eigenvalue weighted by Gasteiger charge is -2.27. The Kier molecular flexibility index (Phi) is 18.3. The van der Waals surface area contributed by atoms with Crippen LogP contribution in [0.2, 0.25) is 0 Å². The molecule has 3 fully saturated rings. The highest BCUT2D eigenvalue weighted by atomic mass is 32.2. The van der Waals surface area contributed by atoms with Crippen molar-refractivity contribution in [1.82, 2.24) is 10.1 Å². The summed E-state index contributed by atoms with van der Waals surface area (Å²) >= 11 is 0. The smallest absolute Gasteiger partial charge is 0.272 e. The van der Waals surface area contributed by atoms with Gasteiger partial charge in [0.1, 0.15) is 0 Å². The lowest BCUT2D eigenvalue weighted by atomic mass is 9.70. The number of carbonyl (C=O) groups is 4. The van der Waals surface area contributed by atoms with Crippen LogP contribution in [0.15, 0.2) is 58.3 Å². The van der Waals surface area contributed by atoms with E-state index >= 15 is 0 Å². The van der Waals surface area contributed by atoms with Crippen LogP contribution >= 0.6 is 0 Å². The van der Waals surface area contributed by atoms with E-state index in [4.69, 9.17) is 8.57 Å². The van der Waals surface area contributed by atoms with Crippen molar-refractivity contribution in [1.29, 1.82) is 0 Å². The summed E-state index contributed by atoms with van der Waals surface area (Å²) in [5.74, 6) is -8.26. The number of amides is 4. The molecule has 60 heavy (non-hydrogen) atoms. The molecule has 0 spiro atoms. The molecule has 2 aromatic rings. The number of rotatable bonds is 28. The van der Waals surface area contributed by atoms with Crippen LogP contribution in [0.3, 0.4) is 0 Å². The number of unbranched alkanes of at least 4 members (excludes halogenated alkanes) is 18. The summed E-state index contributed by atoms with van der Waals surface area (Å²) in [5.41, 5.74) is 1.93. The minimum absolute atomic E-state index is 0.218. The molecule has 2 aliphatic heterocycles. The van der Waals surface area contributed by atoms with Gasteiger partial charge in [-0.15, -0.1) is 18.7 Å². The maximum Gasteiger partial charge on any atom is 0.318 e. The Balaban J connectivity index is 1.07. The fraction of sp³-hybridized carbons (Fsp3) is 0.652. The van der Waals surface area contributed by atoms with Crippen molar-refractivity contribution in [2.45, 2.75) is 178 Å². The second kappa shape index (κ2) is 23.1. The lowest BCUT2D eigenvalue weighted by molar-refractivity contribution is -0.166. The van der Waals surface area contributed by atoms with Crippen molar-refractivity contribution in [3.8, 4) is 0 Å². The molecule has 14 heteroatoms. The molecule has 2 saturated heterocycles. The largest absolute Gasteiger partial charge is 0.318 e. The average molecular weight is 871 g/mol. The molecule has 0 radical (unpaired) electrons. The predicted molar refractivity (Wildman–Crippen MR) is 227 cm³/mol. The zero-order valence-electron chi connectivity index (χ0n) is 35.7. The van der Waals surface area contributed by atoms with Crippen LogP contribution in [0.5, 0.6) is 0 Å². The van der Waals surface area contributed by atoms with Crippen LogP contribution in [-0.4, -0.2) is 50.6 Å². The Hall–Kier alpha value is -3.46. The first-order valence-corrected chi connectivity index (χ1v) is 25.5. The zero-order chi connectivity index (χ0) is 43.1. The molecule has 1 aliphatic carbocycles. The monoisotopic (exact) mass is 870 g/mol. The van der Waals surface area contributed by atoms with E-state index in [0.717, 1.165) is 49.7 Å². The van der Waals surface area contributed by atoms with Crippen molar-refractivity contribution in [2.75, 3.05) is 0 Å². The molecule has 1 saturated carbocycles. The molecule has 12 nitrogen and oxygen atoms in total.